The summed E-state index contributed by atoms with van der Waals surface area (Å²) >= 11 is 0. The van der Waals surface area contributed by atoms with Gasteiger partial charge in [-0.3, -0.25) is 4.90 Å². The summed E-state index contributed by atoms with van der Waals surface area (Å²) in [4.78, 5) is 15.8. The van der Waals surface area contributed by atoms with Gasteiger partial charge in [0.2, 0.25) is 0 Å². The quantitative estimate of drug-likeness (QED) is 0.576. The van der Waals surface area contributed by atoms with Crippen LogP contribution in [0.4, 0.5) is 4.79 Å². The summed E-state index contributed by atoms with van der Waals surface area (Å²) in [5.41, 5.74) is 0.427. The molecule has 0 aliphatic carbocycles. The van der Waals surface area contributed by atoms with E-state index in [1.807, 2.05) is 51.1 Å². The number of carbonyl (C=O) groups is 1. The topological polar surface area (TPSA) is 76.0 Å². The van der Waals surface area contributed by atoms with E-state index in [-0.39, 0.29) is 0 Å². The van der Waals surface area contributed by atoms with E-state index in [1.54, 1.807) is 0 Å². The number of hydrogen-bond donors (Lipinski definition) is 3. The van der Waals surface area contributed by atoms with Crippen molar-refractivity contribution in [2.24, 2.45) is 0 Å². The fourth-order valence-corrected chi connectivity index (χ4v) is 3.81. The number of nitrogens with one attached hydrogen (secondary N) is 1. The largest absolute Gasteiger partial charge is 0.465 e. The number of rotatable bonds is 9. The van der Waals surface area contributed by atoms with Gasteiger partial charge in [0, 0.05) is 25.2 Å². The van der Waals surface area contributed by atoms with Gasteiger partial charge in [0.05, 0.1) is 12.1 Å². The minimum absolute atomic E-state index is 0.380. The normalized spacial score (nSPS) is 17.6. The number of likely N-dealkylation sites (tertiary alicyclic amines) is 1. The van der Waals surface area contributed by atoms with Gasteiger partial charge in [-0.2, -0.15) is 0 Å². The molecular formula is C21H35N3O3. The van der Waals surface area contributed by atoms with Crippen LogP contribution in [-0.4, -0.2) is 76.5 Å². The molecule has 27 heavy (non-hydrogen) atoms. The lowest BCUT2D eigenvalue weighted by Gasteiger charge is -2.42. The van der Waals surface area contributed by atoms with Gasteiger partial charge in [-0.15, -0.1) is 0 Å². The third kappa shape index (κ3) is 6.79. The predicted molar refractivity (Wildman–Crippen MR) is 108 cm³/mol. The van der Waals surface area contributed by atoms with Crippen molar-refractivity contribution in [1.82, 2.24) is 15.1 Å². The minimum atomic E-state index is -1.00. The first-order valence-corrected chi connectivity index (χ1v) is 9.96. The van der Waals surface area contributed by atoms with Crippen LogP contribution in [0.25, 0.3) is 0 Å². The molecule has 6 heteroatoms. The van der Waals surface area contributed by atoms with Crippen molar-refractivity contribution < 1.29 is 15.0 Å². The molecule has 2 atom stereocenters. The number of aliphatic hydroxyl groups excluding tert-OH is 1. The Balaban J connectivity index is 2.01. The smallest absolute Gasteiger partial charge is 0.408 e. The summed E-state index contributed by atoms with van der Waals surface area (Å²) in [6.07, 6.45) is 1.24. The second-order valence-electron chi connectivity index (χ2n) is 8.40. The molecule has 1 fully saturated rings. The molecule has 1 aromatic rings. The zero-order valence-corrected chi connectivity index (χ0v) is 16.9. The van der Waals surface area contributed by atoms with E-state index in [4.69, 9.17) is 0 Å². The van der Waals surface area contributed by atoms with Gasteiger partial charge in [0.15, 0.2) is 0 Å². The number of benzene rings is 1. The molecule has 152 valence electrons. The van der Waals surface area contributed by atoms with E-state index < -0.39 is 23.8 Å². The summed E-state index contributed by atoms with van der Waals surface area (Å²) in [6, 6.07) is 9.26. The lowest BCUT2D eigenvalue weighted by molar-refractivity contribution is 0.00775. The maximum absolute atomic E-state index is 12.0. The average Bonchev–Trinajstić information content (AvgIpc) is 3.11. The Labute approximate surface area is 163 Å². The van der Waals surface area contributed by atoms with Crippen molar-refractivity contribution in [1.29, 1.82) is 0 Å². The van der Waals surface area contributed by atoms with E-state index in [9.17, 15) is 15.0 Å². The van der Waals surface area contributed by atoms with Crippen molar-refractivity contribution >= 4 is 6.09 Å². The maximum atomic E-state index is 12.0. The number of carboxylic acid groups (broad SMARTS) is 1. The number of amides is 1. The van der Waals surface area contributed by atoms with Gasteiger partial charge in [0.1, 0.15) is 0 Å². The Morgan fingerprint density at radius 2 is 1.85 bits per heavy atom. The SMILES string of the molecule is CC(C)(C)N(C(=O)O)[C@@H](Cc1ccccc1)[C@H](O)CNCCN1CCCC1. The molecule has 2 rings (SSSR count). The van der Waals surface area contributed by atoms with E-state index in [0.29, 0.717) is 13.0 Å². The first kappa shape index (κ1) is 21.7. The minimum Gasteiger partial charge on any atom is -0.465 e. The van der Waals surface area contributed by atoms with E-state index in [0.717, 1.165) is 31.7 Å². The second-order valence-corrected chi connectivity index (χ2v) is 8.40. The summed E-state index contributed by atoms with van der Waals surface area (Å²) < 4.78 is 0. The molecule has 1 aromatic carbocycles. The van der Waals surface area contributed by atoms with Crippen LogP contribution in [0.5, 0.6) is 0 Å². The highest BCUT2D eigenvalue weighted by Crippen LogP contribution is 2.22. The molecule has 3 N–H and O–H groups in total. The van der Waals surface area contributed by atoms with Gasteiger partial charge in [-0.05, 0) is 58.7 Å². The summed E-state index contributed by atoms with van der Waals surface area (Å²) in [5, 5.41) is 24.0. The summed E-state index contributed by atoms with van der Waals surface area (Å²) in [7, 11) is 0. The van der Waals surface area contributed by atoms with Gasteiger partial charge >= 0.3 is 6.09 Å². The van der Waals surface area contributed by atoms with Crippen molar-refractivity contribution in [3.05, 3.63) is 35.9 Å². The van der Waals surface area contributed by atoms with Crippen LogP contribution >= 0.6 is 0 Å². The van der Waals surface area contributed by atoms with Gasteiger partial charge in [-0.1, -0.05) is 30.3 Å². The summed E-state index contributed by atoms with van der Waals surface area (Å²) in [6.45, 7) is 10.1. The average molecular weight is 378 g/mol. The second kappa shape index (κ2) is 10.1. The number of nitrogens with zero attached hydrogens (tertiary/aromatic N) is 2. The monoisotopic (exact) mass is 377 g/mol. The Kier molecular flexibility index (Phi) is 8.07. The Morgan fingerprint density at radius 1 is 1.22 bits per heavy atom. The lowest BCUT2D eigenvalue weighted by Crippen LogP contribution is -2.58. The molecule has 0 radical (unpaired) electrons. The van der Waals surface area contributed by atoms with Crippen molar-refractivity contribution in [2.45, 2.75) is 57.7 Å². The number of hydrogen-bond acceptors (Lipinski definition) is 4. The van der Waals surface area contributed by atoms with E-state index in [1.165, 1.54) is 17.7 Å². The first-order valence-electron chi connectivity index (χ1n) is 9.96. The Morgan fingerprint density at radius 3 is 2.41 bits per heavy atom. The van der Waals surface area contributed by atoms with E-state index in [2.05, 4.69) is 10.2 Å². The molecule has 1 amide bonds. The number of aliphatic hydroxyl groups is 1. The fourth-order valence-electron chi connectivity index (χ4n) is 3.81. The standard InChI is InChI=1S/C21H35N3O3/c1-21(2,3)24(20(26)27)18(15-17-9-5-4-6-10-17)19(25)16-22-11-14-23-12-7-8-13-23/h4-6,9-10,18-19,22,25H,7-8,11-16H2,1-3H3,(H,26,27)/t18-,19+/m0/s1. The molecule has 0 unspecified atom stereocenters. The van der Waals surface area contributed by atoms with Crippen LogP contribution in [0, 0.1) is 0 Å². The third-order valence-corrected chi connectivity index (χ3v) is 5.15. The Hall–Kier alpha value is -1.63. The molecule has 0 spiro atoms. The fraction of sp³-hybridized carbons (Fsp3) is 0.667. The molecule has 6 nitrogen and oxygen atoms in total. The zero-order chi connectivity index (χ0) is 19.9. The molecule has 1 aliphatic heterocycles. The molecule has 1 heterocycles. The molecule has 0 saturated carbocycles. The van der Waals surface area contributed by atoms with Crippen molar-refractivity contribution in [3.63, 3.8) is 0 Å². The van der Waals surface area contributed by atoms with Crippen molar-refractivity contribution in [2.75, 3.05) is 32.7 Å². The predicted octanol–water partition coefficient (Wildman–Crippen LogP) is 2.42. The highest BCUT2D eigenvalue weighted by atomic mass is 16.4. The highest BCUT2D eigenvalue weighted by Gasteiger charge is 2.37. The Bertz CT molecular complexity index is 568. The van der Waals surface area contributed by atoms with Crippen LogP contribution in [0.3, 0.4) is 0 Å². The first-order chi connectivity index (χ1) is 12.8. The highest BCUT2D eigenvalue weighted by molar-refractivity contribution is 5.66. The summed E-state index contributed by atoms with van der Waals surface area (Å²) in [5.74, 6) is 0. The van der Waals surface area contributed by atoms with E-state index >= 15 is 0 Å². The van der Waals surface area contributed by atoms with Crippen LogP contribution in [0.15, 0.2) is 30.3 Å². The molecule has 1 saturated heterocycles. The van der Waals surface area contributed by atoms with Crippen LogP contribution in [0.2, 0.25) is 0 Å². The van der Waals surface area contributed by atoms with Gasteiger partial charge in [-0.25, -0.2) is 4.79 Å². The van der Waals surface area contributed by atoms with Crippen LogP contribution in [-0.2, 0) is 6.42 Å². The van der Waals surface area contributed by atoms with Crippen LogP contribution in [0.1, 0.15) is 39.2 Å². The van der Waals surface area contributed by atoms with Gasteiger partial charge < -0.3 is 20.4 Å². The van der Waals surface area contributed by atoms with Crippen LogP contribution < -0.4 is 5.32 Å². The van der Waals surface area contributed by atoms with Gasteiger partial charge in [0.25, 0.3) is 0 Å². The third-order valence-electron chi connectivity index (χ3n) is 5.15. The van der Waals surface area contributed by atoms with Crippen molar-refractivity contribution in [3.8, 4) is 0 Å². The molecule has 0 bridgehead atoms. The lowest BCUT2D eigenvalue weighted by atomic mass is 9.94. The molecule has 0 aromatic heterocycles. The molecular weight excluding hydrogens is 342 g/mol. The molecule has 1 aliphatic rings. The maximum Gasteiger partial charge on any atom is 0.408 e. The zero-order valence-electron chi connectivity index (χ0n) is 16.9.